The Morgan fingerprint density at radius 1 is 1.15 bits per heavy atom. The van der Waals surface area contributed by atoms with E-state index in [0.717, 1.165) is 34.3 Å². The zero-order valence-corrected chi connectivity index (χ0v) is 15.6. The molecule has 27 heavy (non-hydrogen) atoms. The van der Waals surface area contributed by atoms with E-state index in [2.05, 4.69) is 41.5 Å². The summed E-state index contributed by atoms with van der Waals surface area (Å²) in [4.78, 5) is 15.8. The van der Waals surface area contributed by atoms with Crippen LogP contribution in [0.5, 0.6) is 5.75 Å². The van der Waals surface area contributed by atoms with Crippen LogP contribution in [0.4, 0.5) is 0 Å². The van der Waals surface area contributed by atoms with Crippen molar-refractivity contribution in [1.29, 1.82) is 0 Å². The molecule has 0 radical (unpaired) electrons. The van der Waals surface area contributed by atoms with E-state index in [-0.39, 0.29) is 18.1 Å². The molecular formula is C22H24N2O3. The fourth-order valence-electron chi connectivity index (χ4n) is 3.77. The number of aromatic amines is 1. The number of para-hydroxylation sites is 1. The van der Waals surface area contributed by atoms with E-state index in [1.165, 1.54) is 12.7 Å². The Labute approximate surface area is 158 Å². The predicted molar refractivity (Wildman–Crippen MR) is 105 cm³/mol. The van der Waals surface area contributed by atoms with E-state index in [4.69, 9.17) is 9.47 Å². The maximum atomic E-state index is 12.3. The number of ether oxygens (including phenoxy) is 2. The van der Waals surface area contributed by atoms with Gasteiger partial charge in [0.25, 0.3) is 0 Å². The molecule has 0 spiro atoms. The number of nitrogens with one attached hydrogen (secondary N) is 2. The molecule has 0 saturated carbocycles. The van der Waals surface area contributed by atoms with Crippen LogP contribution in [0.3, 0.4) is 0 Å². The van der Waals surface area contributed by atoms with Gasteiger partial charge in [0.1, 0.15) is 11.8 Å². The molecule has 0 fully saturated rings. The Morgan fingerprint density at radius 3 is 2.67 bits per heavy atom. The van der Waals surface area contributed by atoms with Gasteiger partial charge >= 0.3 is 5.97 Å². The van der Waals surface area contributed by atoms with Crippen LogP contribution in [0.15, 0.2) is 48.5 Å². The van der Waals surface area contributed by atoms with Crippen molar-refractivity contribution < 1.29 is 14.3 Å². The quantitative estimate of drug-likeness (QED) is 0.677. The van der Waals surface area contributed by atoms with Crippen LogP contribution in [-0.2, 0) is 16.0 Å². The van der Waals surface area contributed by atoms with E-state index < -0.39 is 0 Å². The molecule has 2 heterocycles. The molecule has 2 unspecified atom stereocenters. The van der Waals surface area contributed by atoms with Gasteiger partial charge in [0, 0.05) is 23.0 Å². The number of carbonyl (C=O) groups excluding carboxylic acids is 1. The first-order valence-corrected chi connectivity index (χ1v) is 9.37. The first-order valence-electron chi connectivity index (χ1n) is 9.37. The summed E-state index contributed by atoms with van der Waals surface area (Å²) in [7, 11) is 1.43. The topological polar surface area (TPSA) is 63.4 Å². The number of fused-ring (bicyclic) bond motifs is 3. The molecule has 0 saturated heterocycles. The van der Waals surface area contributed by atoms with Crippen molar-refractivity contribution in [2.45, 2.75) is 31.8 Å². The van der Waals surface area contributed by atoms with E-state index in [1.54, 1.807) is 0 Å². The van der Waals surface area contributed by atoms with Gasteiger partial charge in [-0.2, -0.15) is 0 Å². The van der Waals surface area contributed by atoms with Crippen LogP contribution >= 0.6 is 0 Å². The molecule has 1 aliphatic rings. The van der Waals surface area contributed by atoms with E-state index in [9.17, 15) is 4.79 Å². The van der Waals surface area contributed by atoms with Crippen molar-refractivity contribution in [3.63, 3.8) is 0 Å². The van der Waals surface area contributed by atoms with Gasteiger partial charge in [0.05, 0.1) is 19.8 Å². The lowest BCUT2D eigenvalue weighted by Gasteiger charge is -2.30. The summed E-state index contributed by atoms with van der Waals surface area (Å²) < 4.78 is 10.7. The van der Waals surface area contributed by atoms with Crippen LogP contribution in [0, 0.1) is 0 Å². The van der Waals surface area contributed by atoms with Crippen molar-refractivity contribution in [1.82, 2.24) is 10.3 Å². The highest BCUT2D eigenvalue weighted by molar-refractivity contribution is 5.87. The van der Waals surface area contributed by atoms with Crippen molar-refractivity contribution in [2.24, 2.45) is 0 Å². The van der Waals surface area contributed by atoms with Crippen LogP contribution in [-0.4, -0.2) is 30.7 Å². The van der Waals surface area contributed by atoms with Gasteiger partial charge in [0.15, 0.2) is 0 Å². The molecule has 140 valence electrons. The number of carbonyl (C=O) groups is 1. The number of rotatable bonds is 5. The third-order valence-electron chi connectivity index (χ3n) is 5.08. The molecule has 0 aliphatic carbocycles. The molecule has 3 aromatic rings. The lowest BCUT2D eigenvalue weighted by molar-refractivity contribution is -0.143. The molecule has 1 aliphatic heterocycles. The van der Waals surface area contributed by atoms with Gasteiger partial charge < -0.3 is 14.5 Å². The summed E-state index contributed by atoms with van der Waals surface area (Å²) in [6.45, 7) is 2.79. The molecule has 4 rings (SSSR count). The zero-order chi connectivity index (χ0) is 18.8. The highest BCUT2D eigenvalue weighted by atomic mass is 16.5. The second-order valence-corrected chi connectivity index (χ2v) is 6.86. The molecule has 5 heteroatoms. The predicted octanol–water partition coefficient (Wildman–Crippen LogP) is 3.73. The highest BCUT2D eigenvalue weighted by Gasteiger charge is 2.34. The smallest absolute Gasteiger partial charge is 0.323 e. The minimum Gasteiger partial charge on any atom is -0.494 e. The summed E-state index contributed by atoms with van der Waals surface area (Å²) in [5, 5.41) is 4.62. The lowest BCUT2D eigenvalue weighted by Crippen LogP contribution is -2.45. The third-order valence-corrected chi connectivity index (χ3v) is 5.08. The van der Waals surface area contributed by atoms with Crippen molar-refractivity contribution >= 4 is 16.9 Å². The van der Waals surface area contributed by atoms with E-state index >= 15 is 0 Å². The Bertz CT molecular complexity index is 946. The lowest BCUT2D eigenvalue weighted by atomic mass is 9.90. The summed E-state index contributed by atoms with van der Waals surface area (Å²) in [5.74, 6) is 0.622. The standard InChI is InChI=1S/C22H24N2O3/c1-3-12-27-15-10-8-14(9-11-15)20-21-17(13-19(24-20)22(25)26-2)16-6-4-5-7-18(16)23-21/h4-11,19-20,23-24H,3,12-13H2,1-2H3. The maximum Gasteiger partial charge on any atom is 0.323 e. The van der Waals surface area contributed by atoms with Crippen LogP contribution in [0.1, 0.15) is 36.2 Å². The molecule has 1 aromatic heterocycles. The Hall–Kier alpha value is -2.79. The highest BCUT2D eigenvalue weighted by Crippen LogP contribution is 2.35. The van der Waals surface area contributed by atoms with Gasteiger partial charge in [-0.3, -0.25) is 10.1 Å². The Morgan fingerprint density at radius 2 is 1.93 bits per heavy atom. The second kappa shape index (κ2) is 7.45. The molecule has 2 N–H and O–H groups in total. The largest absolute Gasteiger partial charge is 0.494 e. The number of hydrogen-bond donors (Lipinski definition) is 2. The molecular weight excluding hydrogens is 340 g/mol. The van der Waals surface area contributed by atoms with Crippen molar-refractivity contribution in [2.75, 3.05) is 13.7 Å². The van der Waals surface area contributed by atoms with Crippen molar-refractivity contribution in [3.8, 4) is 5.75 Å². The fraction of sp³-hybridized carbons (Fsp3) is 0.318. The van der Waals surface area contributed by atoms with Gasteiger partial charge in [-0.25, -0.2) is 0 Å². The minimum atomic E-state index is -0.372. The van der Waals surface area contributed by atoms with Crippen LogP contribution < -0.4 is 10.1 Å². The minimum absolute atomic E-state index is 0.106. The third kappa shape index (κ3) is 3.30. The molecule has 2 aromatic carbocycles. The zero-order valence-electron chi connectivity index (χ0n) is 15.6. The molecule has 0 bridgehead atoms. The van der Waals surface area contributed by atoms with Gasteiger partial charge in [0.2, 0.25) is 0 Å². The average molecular weight is 364 g/mol. The first-order chi connectivity index (χ1) is 13.2. The SMILES string of the molecule is CCCOc1ccc(C2NC(C(=O)OC)Cc3c2[nH]c2ccccc32)cc1. The van der Waals surface area contributed by atoms with Crippen LogP contribution in [0.2, 0.25) is 0 Å². The summed E-state index contributed by atoms with van der Waals surface area (Å²) in [5.41, 5.74) is 4.46. The Balaban J connectivity index is 1.74. The van der Waals surface area contributed by atoms with Gasteiger partial charge in [-0.05, 0) is 35.7 Å². The maximum absolute atomic E-state index is 12.3. The van der Waals surface area contributed by atoms with Gasteiger partial charge in [-0.1, -0.05) is 37.3 Å². The monoisotopic (exact) mass is 364 g/mol. The van der Waals surface area contributed by atoms with E-state index in [0.29, 0.717) is 13.0 Å². The summed E-state index contributed by atoms with van der Waals surface area (Å²) in [6.07, 6.45) is 1.59. The number of benzene rings is 2. The molecule has 0 amide bonds. The number of H-pyrrole nitrogens is 1. The average Bonchev–Trinajstić information content (AvgIpc) is 3.10. The number of methoxy groups -OCH3 is 1. The van der Waals surface area contributed by atoms with Gasteiger partial charge in [-0.15, -0.1) is 0 Å². The normalized spacial score (nSPS) is 18.9. The van der Waals surface area contributed by atoms with Crippen molar-refractivity contribution in [3.05, 3.63) is 65.4 Å². The molecule has 5 nitrogen and oxygen atoms in total. The van der Waals surface area contributed by atoms with E-state index in [1.807, 2.05) is 24.3 Å². The number of aromatic nitrogens is 1. The summed E-state index contributed by atoms with van der Waals surface area (Å²) in [6, 6.07) is 15.8. The number of esters is 1. The first kappa shape index (κ1) is 17.6. The second-order valence-electron chi connectivity index (χ2n) is 6.86. The summed E-state index contributed by atoms with van der Waals surface area (Å²) >= 11 is 0. The number of hydrogen-bond acceptors (Lipinski definition) is 4. The fourth-order valence-corrected chi connectivity index (χ4v) is 3.77. The molecule has 2 atom stereocenters. The Kier molecular flexibility index (Phi) is 4.86. The van der Waals surface area contributed by atoms with Crippen LogP contribution in [0.25, 0.3) is 10.9 Å².